The molecule has 1 aliphatic rings. The number of hydrogen-bond donors (Lipinski definition) is 0. The lowest BCUT2D eigenvalue weighted by Crippen LogP contribution is -2.19. The molecule has 1 aromatic heterocycles. The molecule has 0 bridgehead atoms. The first-order valence-corrected chi connectivity index (χ1v) is 6.63. The molecule has 3 rings (SSSR count). The quantitative estimate of drug-likeness (QED) is 0.826. The van der Waals surface area contributed by atoms with E-state index in [9.17, 15) is 4.79 Å². The lowest BCUT2D eigenvalue weighted by atomic mass is 9.88. The van der Waals surface area contributed by atoms with Crippen LogP contribution in [0.3, 0.4) is 0 Å². The predicted octanol–water partition coefficient (Wildman–Crippen LogP) is 2.67. The summed E-state index contributed by atoms with van der Waals surface area (Å²) in [5.41, 5.74) is 2.53. The third-order valence-electron chi connectivity index (χ3n) is 3.79. The lowest BCUT2D eigenvalue weighted by Gasteiger charge is -2.21. The van der Waals surface area contributed by atoms with Crippen LogP contribution in [-0.2, 0) is 11.3 Å². The first-order chi connectivity index (χ1) is 9.26. The van der Waals surface area contributed by atoms with Crippen molar-refractivity contribution in [3.8, 4) is 6.07 Å². The first-order valence-electron chi connectivity index (χ1n) is 6.63. The van der Waals surface area contributed by atoms with Gasteiger partial charge in [0.25, 0.3) is 0 Å². The van der Waals surface area contributed by atoms with E-state index in [0.717, 1.165) is 36.8 Å². The molecule has 1 atom stereocenters. The molecular formula is C15H15N3O. The maximum absolute atomic E-state index is 11.5. The molecular weight excluding hydrogens is 238 g/mol. The van der Waals surface area contributed by atoms with Crippen LogP contribution < -0.4 is 0 Å². The fourth-order valence-electron chi connectivity index (χ4n) is 2.82. The van der Waals surface area contributed by atoms with Gasteiger partial charge in [0.05, 0.1) is 29.0 Å². The van der Waals surface area contributed by atoms with Gasteiger partial charge >= 0.3 is 0 Å². The van der Waals surface area contributed by atoms with Crippen molar-refractivity contribution in [2.75, 3.05) is 0 Å². The van der Waals surface area contributed by atoms with Gasteiger partial charge in [0.15, 0.2) is 0 Å². The second kappa shape index (κ2) is 4.85. The van der Waals surface area contributed by atoms with Crippen LogP contribution in [0.1, 0.15) is 31.2 Å². The lowest BCUT2D eigenvalue weighted by molar-refractivity contribution is -0.121. The summed E-state index contributed by atoms with van der Waals surface area (Å²) in [5, 5.41) is 8.96. The van der Waals surface area contributed by atoms with Crippen LogP contribution in [0.5, 0.6) is 0 Å². The molecule has 0 radical (unpaired) electrons. The van der Waals surface area contributed by atoms with E-state index in [1.54, 1.807) is 6.07 Å². The number of imidazole rings is 1. The van der Waals surface area contributed by atoms with Crippen molar-refractivity contribution >= 4 is 16.8 Å². The highest BCUT2D eigenvalue weighted by molar-refractivity contribution is 5.79. The Morgan fingerprint density at radius 2 is 2.37 bits per heavy atom. The molecule has 1 aliphatic carbocycles. The van der Waals surface area contributed by atoms with Gasteiger partial charge in [0, 0.05) is 19.4 Å². The molecule has 2 aromatic rings. The zero-order valence-electron chi connectivity index (χ0n) is 10.7. The van der Waals surface area contributed by atoms with Crippen LogP contribution in [0.4, 0.5) is 0 Å². The molecule has 96 valence electrons. The van der Waals surface area contributed by atoms with Gasteiger partial charge in [-0.2, -0.15) is 5.26 Å². The van der Waals surface area contributed by atoms with Gasteiger partial charge < -0.3 is 4.57 Å². The molecule has 1 heterocycles. The molecule has 1 saturated carbocycles. The summed E-state index contributed by atoms with van der Waals surface area (Å²) in [7, 11) is 0. The zero-order valence-corrected chi connectivity index (χ0v) is 10.7. The molecule has 0 saturated heterocycles. The Bertz CT molecular complexity index is 666. The second-order valence-electron chi connectivity index (χ2n) is 5.21. The number of benzene rings is 1. The Morgan fingerprint density at radius 3 is 3.16 bits per heavy atom. The monoisotopic (exact) mass is 253 g/mol. The molecule has 0 aliphatic heterocycles. The van der Waals surface area contributed by atoms with Crippen molar-refractivity contribution < 1.29 is 4.79 Å². The van der Waals surface area contributed by atoms with Gasteiger partial charge in [-0.1, -0.05) is 0 Å². The molecule has 0 N–H and O–H groups in total. The average Bonchev–Trinajstić information content (AvgIpc) is 2.81. The van der Waals surface area contributed by atoms with Gasteiger partial charge in [0.1, 0.15) is 5.78 Å². The molecule has 1 aromatic carbocycles. The number of hydrogen-bond acceptors (Lipinski definition) is 3. The minimum Gasteiger partial charge on any atom is -0.330 e. The summed E-state index contributed by atoms with van der Waals surface area (Å²) in [6.07, 6.45) is 5.32. The predicted molar refractivity (Wildman–Crippen MR) is 71.4 cm³/mol. The van der Waals surface area contributed by atoms with Crippen LogP contribution in [-0.4, -0.2) is 15.3 Å². The molecule has 0 spiro atoms. The van der Waals surface area contributed by atoms with E-state index in [2.05, 4.69) is 15.6 Å². The van der Waals surface area contributed by atoms with Crippen LogP contribution in [0.2, 0.25) is 0 Å². The number of fused-ring (bicyclic) bond motifs is 1. The topological polar surface area (TPSA) is 58.7 Å². The Hall–Kier alpha value is -2.15. The number of ketones is 1. The van der Waals surface area contributed by atoms with E-state index in [4.69, 9.17) is 5.26 Å². The standard InChI is InChI=1S/C15H15N3O/c16-8-11-4-5-14-15(7-11)18(10-17-14)9-12-2-1-3-13(19)6-12/h4-5,7,10,12H,1-3,6,9H2/t12-/m0/s1. The van der Waals surface area contributed by atoms with Crippen LogP contribution in [0, 0.1) is 17.2 Å². The maximum atomic E-state index is 11.5. The summed E-state index contributed by atoms with van der Waals surface area (Å²) in [6.45, 7) is 0.817. The minimum atomic E-state index is 0.374. The van der Waals surface area contributed by atoms with Gasteiger partial charge in [-0.25, -0.2) is 4.98 Å². The van der Waals surface area contributed by atoms with Crippen LogP contribution in [0.15, 0.2) is 24.5 Å². The summed E-state index contributed by atoms with van der Waals surface area (Å²) in [5.74, 6) is 0.780. The average molecular weight is 253 g/mol. The third-order valence-corrected chi connectivity index (χ3v) is 3.79. The number of carbonyl (C=O) groups excluding carboxylic acids is 1. The smallest absolute Gasteiger partial charge is 0.133 e. The highest BCUT2D eigenvalue weighted by Gasteiger charge is 2.20. The van der Waals surface area contributed by atoms with Crippen molar-refractivity contribution in [2.45, 2.75) is 32.2 Å². The molecule has 19 heavy (non-hydrogen) atoms. The Kier molecular flexibility index (Phi) is 3.04. The van der Waals surface area contributed by atoms with Gasteiger partial charge in [-0.15, -0.1) is 0 Å². The fourth-order valence-corrected chi connectivity index (χ4v) is 2.82. The summed E-state index contributed by atoms with van der Waals surface area (Å²) < 4.78 is 2.07. The van der Waals surface area contributed by atoms with Crippen molar-refractivity contribution in [1.29, 1.82) is 5.26 Å². The normalized spacial score (nSPS) is 19.5. The van der Waals surface area contributed by atoms with Crippen molar-refractivity contribution in [2.24, 2.45) is 5.92 Å². The summed E-state index contributed by atoms with van der Waals surface area (Å²) in [6, 6.07) is 7.67. The van der Waals surface area contributed by atoms with Crippen molar-refractivity contribution in [1.82, 2.24) is 9.55 Å². The van der Waals surface area contributed by atoms with Crippen LogP contribution >= 0.6 is 0 Å². The largest absolute Gasteiger partial charge is 0.330 e. The van der Waals surface area contributed by atoms with Gasteiger partial charge in [-0.05, 0) is 37.0 Å². The van der Waals surface area contributed by atoms with E-state index in [1.165, 1.54) is 0 Å². The number of Topliss-reactive ketones (excluding diaryl/α,β-unsaturated/α-hetero) is 1. The minimum absolute atomic E-state index is 0.374. The molecule has 0 amide bonds. The number of nitrogens with zero attached hydrogens (tertiary/aromatic N) is 3. The van der Waals surface area contributed by atoms with Gasteiger partial charge in [0.2, 0.25) is 0 Å². The van der Waals surface area contributed by atoms with E-state index in [0.29, 0.717) is 23.7 Å². The van der Waals surface area contributed by atoms with Crippen molar-refractivity contribution in [3.63, 3.8) is 0 Å². The van der Waals surface area contributed by atoms with Gasteiger partial charge in [-0.3, -0.25) is 4.79 Å². The molecule has 0 unspecified atom stereocenters. The fraction of sp³-hybridized carbons (Fsp3) is 0.400. The molecule has 1 fully saturated rings. The first kappa shape index (κ1) is 11.9. The van der Waals surface area contributed by atoms with Crippen molar-refractivity contribution in [3.05, 3.63) is 30.1 Å². The third kappa shape index (κ3) is 2.37. The Labute approximate surface area is 111 Å². The highest BCUT2D eigenvalue weighted by Crippen LogP contribution is 2.24. The number of carbonyl (C=O) groups is 1. The number of rotatable bonds is 2. The van der Waals surface area contributed by atoms with Crippen LogP contribution in [0.25, 0.3) is 11.0 Å². The molecule has 4 heteroatoms. The van der Waals surface area contributed by atoms with E-state index in [1.807, 2.05) is 18.5 Å². The molecule has 4 nitrogen and oxygen atoms in total. The number of nitriles is 1. The SMILES string of the molecule is N#Cc1ccc2ncn(C[C@H]3CCCC(=O)C3)c2c1. The van der Waals surface area contributed by atoms with E-state index >= 15 is 0 Å². The second-order valence-corrected chi connectivity index (χ2v) is 5.21. The maximum Gasteiger partial charge on any atom is 0.133 e. The zero-order chi connectivity index (χ0) is 13.2. The Balaban J connectivity index is 1.88. The van der Waals surface area contributed by atoms with E-state index < -0.39 is 0 Å². The summed E-state index contributed by atoms with van der Waals surface area (Å²) >= 11 is 0. The Morgan fingerprint density at radius 1 is 1.47 bits per heavy atom. The highest BCUT2D eigenvalue weighted by atomic mass is 16.1. The number of aromatic nitrogens is 2. The summed E-state index contributed by atoms with van der Waals surface area (Å²) in [4.78, 5) is 15.8. The van der Waals surface area contributed by atoms with E-state index in [-0.39, 0.29) is 0 Å².